The van der Waals surface area contributed by atoms with E-state index in [9.17, 15) is 53.6 Å². The van der Waals surface area contributed by atoms with Gasteiger partial charge >= 0.3 is 53.7 Å². The number of nitro benzene ring substituents is 1. The molecule has 8 amide bonds. The number of hydrogen-bond acceptors (Lipinski definition) is 17. The number of ketones is 3. The summed E-state index contributed by atoms with van der Waals surface area (Å²) < 4.78 is 57.8. The smallest absolute Gasteiger partial charge is 0.496 e. The van der Waals surface area contributed by atoms with Crippen molar-refractivity contribution in [1.82, 2.24) is 10.6 Å². The maximum Gasteiger partial charge on any atom is 1.00 e. The van der Waals surface area contributed by atoms with Gasteiger partial charge in [0, 0.05) is 105 Å². The number of primary amides is 2. The second-order valence-corrected chi connectivity index (χ2v) is 32.2. The summed E-state index contributed by atoms with van der Waals surface area (Å²) in [6, 6.07) is 70.9. The first-order valence-electron chi connectivity index (χ1n) is 37.8. The fraction of sp³-hybridized carbons (Fsp3) is 0.0889. The first-order chi connectivity index (χ1) is 58.2. The van der Waals surface area contributed by atoms with Crippen LogP contribution in [0.25, 0.3) is 44.5 Å². The fourth-order valence-corrected chi connectivity index (χ4v) is 12.1. The first-order valence-corrected chi connectivity index (χ1v) is 39.9. The van der Waals surface area contributed by atoms with Gasteiger partial charge in [0.15, 0.2) is 25.6 Å². The van der Waals surface area contributed by atoms with Crippen LogP contribution in [-0.2, 0) is 4.79 Å². The van der Waals surface area contributed by atoms with E-state index in [1.54, 1.807) is 191 Å². The number of halogens is 4. The number of carbonyl (C=O) groups is 7. The third kappa shape index (κ3) is 30.0. The number of nitrogens with one attached hydrogen (secondary N) is 4. The minimum atomic E-state index is -3.00. The summed E-state index contributed by atoms with van der Waals surface area (Å²) in [4.78, 5) is 103. The van der Waals surface area contributed by atoms with Gasteiger partial charge in [-0.05, 0) is 241 Å². The molecule has 0 saturated carbocycles. The molecule has 0 heterocycles. The Morgan fingerprint density at radius 1 is 0.463 bits per heavy atom. The third-order valence-electron chi connectivity index (χ3n) is 16.6. The molecule has 0 aliphatic rings. The number of nitro groups is 1. The molecule has 0 aliphatic heterocycles. The van der Waals surface area contributed by atoms with E-state index in [1.165, 1.54) is 55.6 Å². The number of aliphatic hydroxyl groups is 1. The number of rotatable bonds is 20. The van der Waals surface area contributed by atoms with Crippen LogP contribution in [0.1, 0.15) is 66.3 Å². The second-order valence-electron chi connectivity index (χ2n) is 25.9. The number of anilines is 3. The molecule has 12 rings (SSSR count). The van der Waals surface area contributed by atoms with Gasteiger partial charge in [0.1, 0.15) is 29.1 Å². The zero-order chi connectivity index (χ0) is 90.5. The number of non-ortho nitro benzene ring substituents is 1. The second kappa shape index (κ2) is 48.4. The zero-order valence-electron chi connectivity index (χ0n) is 72.3. The summed E-state index contributed by atoms with van der Waals surface area (Å²) in [5.41, 5.74) is 26.6. The van der Waals surface area contributed by atoms with Gasteiger partial charge in [-0.2, -0.15) is 0 Å². The number of isocyanates is 1. The van der Waals surface area contributed by atoms with Gasteiger partial charge in [0.2, 0.25) is 6.08 Å². The van der Waals surface area contributed by atoms with E-state index in [0.717, 1.165) is 38.9 Å². The predicted molar refractivity (Wildman–Crippen MR) is 484 cm³/mol. The number of amides is 8. The molecule has 1 atom stereocenters. The van der Waals surface area contributed by atoms with Crippen molar-refractivity contribution in [2.45, 2.75) is 25.7 Å². The molecule has 0 bridgehead atoms. The maximum atomic E-state index is 12.9. The molecule has 0 radical (unpaired) electrons. The van der Waals surface area contributed by atoms with Crippen LogP contribution in [0, 0.1) is 25.0 Å². The predicted octanol–water partition coefficient (Wildman–Crippen LogP) is 16.3. The summed E-state index contributed by atoms with van der Waals surface area (Å²) >= 11 is 24.4. The first kappa shape index (κ1) is 92.2. The van der Waals surface area contributed by atoms with Crippen molar-refractivity contribution >= 4 is 133 Å². The number of nitrogen functional groups attached to an aromatic ring is 1. The van der Waals surface area contributed by atoms with E-state index in [4.69, 9.17) is 89.3 Å². The molecule has 0 saturated heterocycles. The Labute approximate surface area is 752 Å². The molecule has 12 aromatic carbocycles. The Kier molecular flexibility index (Phi) is 36.9. The summed E-state index contributed by atoms with van der Waals surface area (Å²) in [6.45, 7) is 5.95. The van der Waals surface area contributed by atoms with E-state index >= 15 is 0 Å². The van der Waals surface area contributed by atoms with E-state index < -0.39 is 51.6 Å². The number of urea groups is 4. The van der Waals surface area contributed by atoms with Gasteiger partial charge in [-0.3, -0.25) is 35.1 Å². The molecule has 1 unspecified atom stereocenters. The minimum absolute atomic E-state index is 0. The van der Waals surface area contributed by atoms with Crippen LogP contribution in [0.5, 0.6) is 23.0 Å². The van der Waals surface area contributed by atoms with E-state index in [0.29, 0.717) is 105 Å². The molecular formula is C90H87BCl4N9NaO15Si-2. The van der Waals surface area contributed by atoms with Crippen molar-refractivity contribution in [3.63, 3.8) is 0 Å². The number of nitrogens with zero attached hydrogens (tertiary/aromatic N) is 2. The van der Waals surface area contributed by atoms with Gasteiger partial charge in [0.25, 0.3) is 5.69 Å². The Balaban J connectivity index is 0.000000335. The van der Waals surface area contributed by atoms with Gasteiger partial charge in [0.05, 0.1) is 34.7 Å². The minimum Gasteiger partial charge on any atom is -0.496 e. The van der Waals surface area contributed by atoms with Crippen LogP contribution in [-0.4, -0.2) is 108 Å². The molecule has 12 aromatic rings. The monoisotopic (exact) mass is 1740 g/mol. The van der Waals surface area contributed by atoms with E-state index in [2.05, 4.69) is 15.3 Å². The molecule has 121 heavy (non-hydrogen) atoms. The molecule has 0 aromatic heterocycles. The van der Waals surface area contributed by atoms with Gasteiger partial charge in [-0.15, -0.1) is 0 Å². The summed E-state index contributed by atoms with van der Waals surface area (Å²) in [6.07, 6.45) is -0.531. The van der Waals surface area contributed by atoms with Crippen LogP contribution in [0.15, 0.2) is 272 Å². The number of hydrogen-bond donors (Lipinski definition) is 8. The Hall–Kier alpha value is -12.7. The largest absolute Gasteiger partial charge is 1.00 e. The van der Waals surface area contributed by atoms with Gasteiger partial charge in [-0.1, -0.05) is 121 Å². The van der Waals surface area contributed by atoms with Crippen molar-refractivity contribution in [3.8, 4) is 67.5 Å². The molecule has 620 valence electrons. The SMILES string of the molecule is COc1ccc(C(=O)c2ccc(N)cc2)cc1-c1cccc(Cl)c1.COc1ccc(C(=O)c2ccc(NC(=O)NC(N)=O)cc2)cc1-c1cccc(Cl)c1.COc1ccc(C(=O)c2ccc([N+](=O)[O-])cc2)cc1-c1cccc(Cl)c1.C[Si](C)(C)N=C=O.[2H]C(O)(c1ccc(NC(=O)NC(N)=O)cc1)c1ccc(OC)c(-c2cccc(Cl)c2)c1.[2H][B-]([2H])([2H])[2H].[CH3-].[CH3-].[Na+]. The molecule has 0 aliphatic carbocycles. The maximum absolute atomic E-state index is 12.9. The number of ether oxygens (including phenoxy) is 4. The number of nitrogens with two attached hydrogens (primary N) is 3. The summed E-state index contributed by atoms with van der Waals surface area (Å²) in [5.74, 6) is 2.00. The average Bonchev–Trinajstić information content (AvgIpc) is 0.778. The van der Waals surface area contributed by atoms with Gasteiger partial charge in [-0.25, -0.2) is 34.0 Å². The number of methoxy groups -OCH3 is 4. The van der Waals surface area contributed by atoms with Crippen LogP contribution >= 0.6 is 46.4 Å². The Bertz CT molecular complexity index is 5860. The molecule has 31 heteroatoms. The molecule has 24 nitrogen and oxygen atoms in total. The molecule has 11 N–H and O–H groups in total. The topological polar surface area (TPSA) is 375 Å². The third-order valence-corrected chi connectivity index (χ3v) is 18.3. The number of imide groups is 2. The van der Waals surface area contributed by atoms with Crippen LogP contribution < -0.4 is 87.0 Å². The quantitative estimate of drug-likeness (QED) is 0.00513. The van der Waals surface area contributed by atoms with Crippen molar-refractivity contribution < 1.29 is 98.3 Å². The van der Waals surface area contributed by atoms with Crippen LogP contribution in [0.4, 0.5) is 41.9 Å². The van der Waals surface area contributed by atoms with Gasteiger partial charge < -0.3 is 66.7 Å². The van der Waals surface area contributed by atoms with Crippen molar-refractivity contribution in [2.24, 2.45) is 16.1 Å². The standard InChI is InChI=1S/C22H20ClN3O4.C22H18ClN3O4.C20H14ClNO4.C20H16ClNO2.C4H9NOSi.2CH3.BH4.Na/c2*1-30-19-10-7-15(12-18(19)14-3-2-4-16(23)11-14)20(27)13-5-8-17(9-6-13)25-22(29)26-21(24)28;1-26-19-10-7-15(12-18(19)14-3-2-4-16(21)11-14)20(23)13-5-8-17(9-6-13)22(24)25;1-24-19-10-7-15(20(23)13-5-8-17(22)9-6-13)12-18(19)14-3-2-4-16(21)11-14;1-7(2,3)5-4-6;;;;/h2-12,20,27H,1H3,(H4,24,25,26,28,29);2-12H,1H3,(H4,24,25,26,28,29);2-12H,1H3;2-12H,22H2,1H3;1-3H3;2*1H3;1H4;/q;;;;;3*-1;+1/i20D;;;;;;;1D4;. The van der Waals surface area contributed by atoms with Crippen molar-refractivity contribution in [1.29, 1.82) is 5.34 Å². The molecule has 0 spiro atoms. The van der Waals surface area contributed by atoms with E-state index in [-0.39, 0.29) is 73.0 Å². The fourth-order valence-electron chi connectivity index (χ4n) is 11.1. The van der Waals surface area contributed by atoms with Crippen molar-refractivity contribution in [3.05, 3.63) is 356 Å². The Morgan fingerprint density at radius 3 is 1.02 bits per heavy atom. The average molecular weight is 1740 g/mol. The number of carbonyl (C=O) groups excluding carboxylic acids is 8. The van der Waals surface area contributed by atoms with Crippen LogP contribution in [0.2, 0.25) is 39.7 Å². The Morgan fingerprint density at radius 2 is 0.744 bits per heavy atom. The summed E-state index contributed by atoms with van der Waals surface area (Å²) in [5, 5.41) is 32.7. The molecular weight excluding hydrogens is 1650 g/mol. The van der Waals surface area contributed by atoms with Crippen LogP contribution in [0.3, 0.4) is 0 Å². The van der Waals surface area contributed by atoms with Crippen molar-refractivity contribution in [2.75, 3.05) is 44.8 Å². The van der Waals surface area contributed by atoms with E-state index in [1.807, 2.05) is 84.9 Å². The molecule has 0 fully saturated rings. The summed E-state index contributed by atoms with van der Waals surface area (Å²) in [7, 11) is 1.80. The normalized spacial score (nSPS) is 11.2. The zero-order valence-corrected chi connectivity index (χ0v) is 73.3. The number of benzene rings is 12.